The standard InChI is InChI=1S/C56H40/c1-55(2)48-24-12-10-21-44(48)54-45(22-14-26-50(54)55)53-42-20-8-7-19-41(42)52(43-30-27-37(33-46(43)53)35-15-4-3-5-16-35)38-28-29-40-39-18-9-13-25-49(39)56(51(40)34-38)32-31-36-17-6-11-23-47(36)56/h3-30,33-34H,31-32H2,1-2H3. The van der Waals surface area contributed by atoms with Crippen LogP contribution in [0, 0.1) is 0 Å². The first kappa shape index (κ1) is 31.8. The Labute approximate surface area is 328 Å². The zero-order chi connectivity index (χ0) is 37.2. The largest absolute Gasteiger partial charge is 0.0622 e. The molecule has 0 nitrogen and oxygen atoms in total. The van der Waals surface area contributed by atoms with Gasteiger partial charge in [0.2, 0.25) is 0 Å². The zero-order valence-electron chi connectivity index (χ0n) is 31.7. The second kappa shape index (κ2) is 11.5. The molecule has 1 spiro atoms. The van der Waals surface area contributed by atoms with Crippen molar-refractivity contribution in [3.05, 3.63) is 215 Å². The van der Waals surface area contributed by atoms with Crippen molar-refractivity contribution in [2.24, 2.45) is 0 Å². The molecule has 0 saturated carbocycles. The van der Waals surface area contributed by atoms with E-state index >= 15 is 0 Å². The molecule has 3 aliphatic carbocycles. The summed E-state index contributed by atoms with van der Waals surface area (Å²) < 4.78 is 0. The van der Waals surface area contributed by atoms with Gasteiger partial charge in [0.25, 0.3) is 0 Å². The van der Waals surface area contributed by atoms with Crippen LogP contribution in [0.2, 0.25) is 0 Å². The lowest BCUT2D eigenvalue weighted by molar-refractivity contribution is 0.626. The maximum atomic E-state index is 2.57. The molecule has 1 unspecified atom stereocenters. The summed E-state index contributed by atoms with van der Waals surface area (Å²) in [6.07, 6.45) is 2.19. The smallest absolute Gasteiger partial charge is 0.0469 e. The van der Waals surface area contributed by atoms with Crippen LogP contribution < -0.4 is 0 Å². The fraction of sp³-hybridized carbons (Fsp3) is 0.107. The number of hydrogen-bond donors (Lipinski definition) is 0. The normalized spacial score (nSPS) is 16.8. The molecule has 1 atom stereocenters. The number of rotatable bonds is 3. The minimum atomic E-state index is -0.144. The Bertz CT molecular complexity index is 3110. The van der Waals surface area contributed by atoms with Crippen molar-refractivity contribution in [3.8, 4) is 55.6 Å². The van der Waals surface area contributed by atoms with E-state index in [4.69, 9.17) is 0 Å². The van der Waals surface area contributed by atoms with Gasteiger partial charge >= 0.3 is 0 Å². The molecule has 0 heterocycles. The summed E-state index contributed by atoms with van der Waals surface area (Å²) in [6, 6.07) is 69.1. The van der Waals surface area contributed by atoms with Crippen molar-refractivity contribution >= 4 is 21.5 Å². The van der Waals surface area contributed by atoms with Gasteiger partial charge in [-0.15, -0.1) is 0 Å². The van der Waals surface area contributed by atoms with E-state index < -0.39 is 0 Å². The number of fused-ring (bicyclic) bond motifs is 12. The van der Waals surface area contributed by atoms with E-state index in [-0.39, 0.29) is 10.8 Å². The van der Waals surface area contributed by atoms with Crippen LogP contribution in [-0.4, -0.2) is 0 Å². The fourth-order valence-corrected chi connectivity index (χ4v) is 11.2. The summed E-state index contributed by atoms with van der Waals surface area (Å²) in [7, 11) is 0. The van der Waals surface area contributed by atoms with Crippen molar-refractivity contribution in [3.63, 3.8) is 0 Å². The Morgan fingerprint density at radius 2 is 0.946 bits per heavy atom. The van der Waals surface area contributed by atoms with Gasteiger partial charge in [-0.25, -0.2) is 0 Å². The maximum Gasteiger partial charge on any atom is 0.0469 e. The molecule has 3 aliphatic rings. The third-order valence-corrected chi connectivity index (χ3v) is 13.7. The zero-order valence-corrected chi connectivity index (χ0v) is 31.7. The molecule has 56 heavy (non-hydrogen) atoms. The summed E-state index contributed by atoms with van der Waals surface area (Å²) in [5.74, 6) is 0. The lowest BCUT2D eigenvalue weighted by Gasteiger charge is -2.29. The van der Waals surface area contributed by atoms with Gasteiger partial charge in [0.1, 0.15) is 0 Å². The quantitative estimate of drug-likeness (QED) is 0.160. The highest BCUT2D eigenvalue weighted by atomic mass is 14.5. The first-order chi connectivity index (χ1) is 27.5. The number of benzene rings is 9. The topological polar surface area (TPSA) is 0 Å². The molecule has 0 fully saturated rings. The van der Waals surface area contributed by atoms with E-state index in [0.717, 1.165) is 12.8 Å². The van der Waals surface area contributed by atoms with Crippen LogP contribution in [0.5, 0.6) is 0 Å². The lowest BCUT2D eigenvalue weighted by atomic mass is 9.73. The van der Waals surface area contributed by atoms with Crippen molar-refractivity contribution in [2.75, 3.05) is 0 Å². The average Bonchev–Trinajstić information content (AvgIpc) is 3.86. The summed E-state index contributed by atoms with van der Waals surface area (Å²) in [5, 5.41) is 5.17. The highest BCUT2D eigenvalue weighted by Crippen LogP contribution is 2.60. The van der Waals surface area contributed by atoms with Gasteiger partial charge in [0, 0.05) is 10.8 Å². The predicted molar refractivity (Wildman–Crippen MR) is 235 cm³/mol. The molecule has 0 aromatic heterocycles. The van der Waals surface area contributed by atoms with Crippen molar-refractivity contribution in [2.45, 2.75) is 37.5 Å². The molecular formula is C56H40. The first-order valence-corrected chi connectivity index (χ1v) is 20.1. The van der Waals surface area contributed by atoms with Gasteiger partial charge in [-0.3, -0.25) is 0 Å². The van der Waals surface area contributed by atoms with Crippen LogP contribution in [0.15, 0.2) is 182 Å². The van der Waals surface area contributed by atoms with Crippen molar-refractivity contribution in [1.82, 2.24) is 0 Å². The van der Waals surface area contributed by atoms with E-state index in [1.807, 2.05) is 0 Å². The van der Waals surface area contributed by atoms with Crippen molar-refractivity contribution < 1.29 is 0 Å². The highest BCUT2D eigenvalue weighted by molar-refractivity contribution is 6.23. The molecule has 12 rings (SSSR count). The van der Waals surface area contributed by atoms with Gasteiger partial charge in [-0.2, -0.15) is 0 Å². The number of hydrogen-bond acceptors (Lipinski definition) is 0. The van der Waals surface area contributed by atoms with E-state index in [0.29, 0.717) is 0 Å². The third kappa shape index (κ3) is 4.14. The van der Waals surface area contributed by atoms with Crippen LogP contribution in [0.25, 0.3) is 77.2 Å². The number of aryl methyl sites for hydroxylation is 1. The minimum Gasteiger partial charge on any atom is -0.0622 e. The molecule has 264 valence electrons. The molecule has 0 aliphatic heterocycles. The van der Waals surface area contributed by atoms with Gasteiger partial charge in [0.15, 0.2) is 0 Å². The summed E-state index contributed by atoms with van der Waals surface area (Å²) >= 11 is 0. The molecular weight excluding hydrogens is 673 g/mol. The molecule has 0 heteroatoms. The highest BCUT2D eigenvalue weighted by Gasteiger charge is 2.48. The molecule has 0 N–H and O–H groups in total. The maximum absolute atomic E-state index is 2.57. The molecule has 9 aromatic carbocycles. The molecule has 0 bridgehead atoms. The van der Waals surface area contributed by atoms with Crippen LogP contribution >= 0.6 is 0 Å². The van der Waals surface area contributed by atoms with Gasteiger partial charge in [-0.05, 0) is 136 Å². The Kier molecular flexibility index (Phi) is 6.54. The van der Waals surface area contributed by atoms with Gasteiger partial charge < -0.3 is 0 Å². The average molecular weight is 713 g/mol. The molecule has 0 amide bonds. The summed E-state index contributed by atoms with van der Waals surface area (Å²) in [5.41, 5.74) is 21.6. The second-order valence-corrected chi connectivity index (χ2v) is 16.7. The molecule has 0 radical (unpaired) electrons. The predicted octanol–water partition coefficient (Wildman–Crippen LogP) is 14.6. The Balaban J connectivity index is 1.19. The van der Waals surface area contributed by atoms with E-state index in [2.05, 4.69) is 196 Å². The lowest BCUT2D eigenvalue weighted by Crippen LogP contribution is -2.23. The van der Waals surface area contributed by atoms with E-state index in [1.165, 1.54) is 111 Å². The van der Waals surface area contributed by atoms with E-state index in [1.54, 1.807) is 0 Å². The first-order valence-electron chi connectivity index (χ1n) is 20.1. The summed E-state index contributed by atoms with van der Waals surface area (Å²) in [4.78, 5) is 0. The van der Waals surface area contributed by atoms with Crippen LogP contribution in [0.1, 0.15) is 53.6 Å². The SMILES string of the molecule is CC1(C)c2ccccc2-c2c(-c3c4ccccc4c(-c4ccc5c(c4)C4(CCc6ccccc64)c4ccccc4-5)c4ccc(-c5ccccc5)cc34)cccc21. The van der Waals surface area contributed by atoms with Gasteiger partial charge in [-0.1, -0.05) is 184 Å². The van der Waals surface area contributed by atoms with Crippen LogP contribution in [0.3, 0.4) is 0 Å². The Morgan fingerprint density at radius 3 is 1.79 bits per heavy atom. The van der Waals surface area contributed by atoms with Crippen molar-refractivity contribution in [1.29, 1.82) is 0 Å². The second-order valence-electron chi connectivity index (χ2n) is 16.7. The fourth-order valence-electron chi connectivity index (χ4n) is 11.2. The molecule has 9 aromatic rings. The van der Waals surface area contributed by atoms with Crippen LogP contribution in [-0.2, 0) is 17.3 Å². The third-order valence-electron chi connectivity index (χ3n) is 13.7. The Hall–Kier alpha value is -6.50. The van der Waals surface area contributed by atoms with Crippen LogP contribution in [0.4, 0.5) is 0 Å². The van der Waals surface area contributed by atoms with Gasteiger partial charge in [0.05, 0.1) is 0 Å². The Morgan fingerprint density at radius 1 is 0.339 bits per heavy atom. The summed E-state index contributed by atoms with van der Waals surface area (Å²) in [6.45, 7) is 4.77. The molecule has 0 saturated heterocycles. The monoisotopic (exact) mass is 712 g/mol. The van der Waals surface area contributed by atoms with E-state index in [9.17, 15) is 0 Å². The minimum absolute atomic E-state index is 0.0838.